The van der Waals surface area contributed by atoms with Gasteiger partial charge in [0.25, 0.3) is 5.79 Å². The number of hydrogen-bond acceptors (Lipinski definition) is 4. The number of anilines is 1. The second kappa shape index (κ2) is 4.10. The average Bonchev–Trinajstić information content (AvgIpc) is 2.52. The molecule has 1 aliphatic carbocycles. The summed E-state index contributed by atoms with van der Waals surface area (Å²) in [6.07, 6.45) is 0. The van der Waals surface area contributed by atoms with Gasteiger partial charge in [-0.15, -0.1) is 0 Å². The first-order chi connectivity index (χ1) is 10.1. The first-order valence-electron chi connectivity index (χ1n) is 6.43. The highest BCUT2D eigenvalue weighted by atomic mass is 35.5. The van der Waals surface area contributed by atoms with E-state index in [1.165, 1.54) is 0 Å². The summed E-state index contributed by atoms with van der Waals surface area (Å²) in [6, 6.07) is 13.9. The number of rotatable bonds is 0. The molecule has 0 aromatic heterocycles. The van der Waals surface area contributed by atoms with E-state index < -0.39 is 5.79 Å². The van der Waals surface area contributed by atoms with Crippen LogP contribution in [0.5, 0.6) is 5.75 Å². The van der Waals surface area contributed by atoms with Gasteiger partial charge in [0.05, 0.1) is 5.69 Å². The van der Waals surface area contributed by atoms with Gasteiger partial charge < -0.3 is 15.2 Å². The number of carbonyl (C=O) groups excluding carboxylic acids is 1. The van der Waals surface area contributed by atoms with Crippen LogP contribution in [0.2, 0.25) is 0 Å². The standard InChI is InChI=1S/C16H10ClNO3/c17-13-14(19)9-5-1-2-6-10(9)16(20)15(13)18-11-7-3-4-8-12(11)21-16/h1-8,18,20H. The third-order valence-corrected chi connectivity index (χ3v) is 4.06. The lowest BCUT2D eigenvalue weighted by Gasteiger charge is -2.40. The molecule has 4 rings (SSSR count). The Kier molecular flexibility index (Phi) is 2.43. The predicted octanol–water partition coefficient (Wildman–Crippen LogP) is 2.98. The summed E-state index contributed by atoms with van der Waals surface area (Å²) >= 11 is 6.15. The third-order valence-electron chi connectivity index (χ3n) is 3.70. The molecular formula is C16H10ClNO3. The molecule has 1 atom stereocenters. The Morgan fingerprint density at radius 3 is 2.67 bits per heavy atom. The Labute approximate surface area is 125 Å². The summed E-state index contributed by atoms with van der Waals surface area (Å²) in [4.78, 5) is 12.3. The van der Waals surface area contributed by atoms with Gasteiger partial charge in [-0.3, -0.25) is 4.79 Å². The molecule has 0 fully saturated rings. The van der Waals surface area contributed by atoms with Crippen molar-refractivity contribution in [2.24, 2.45) is 0 Å². The number of halogens is 1. The van der Waals surface area contributed by atoms with Crippen molar-refractivity contribution in [3.63, 3.8) is 0 Å². The van der Waals surface area contributed by atoms with Gasteiger partial charge in [-0.2, -0.15) is 0 Å². The zero-order valence-corrected chi connectivity index (χ0v) is 11.5. The SMILES string of the molecule is O=C1C(Cl)=C2Nc3ccccc3OC2(O)c2ccccc21. The molecular weight excluding hydrogens is 290 g/mol. The maximum Gasteiger partial charge on any atom is 0.279 e. The third kappa shape index (κ3) is 1.57. The molecule has 2 N–H and O–H groups in total. The van der Waals surface area contributed by atoms with Crippen molar-refractivity contribution < 1.29 is 14.6 Å². The lowest BCUT2D eigenvalue weighted by molar-refractivity contribution is -0.115. The summed E-state index contributed by atoms with van der Waals surface area (Å²) in [7, 11) is 0. The monoisotopic (exact) mass is 299 g/mol. The Morgan fingerprint density at radius 1 is 1.10 bits per heavy atom. The number of benzene rings is 2. The van der Waals surface area contributed by atoms with E-state index in [-0.39, 0.29) is 16.5 Å². The minimum Gasteiger partial charge on any atom is -0.450 e. The second-order valence-electron chi connectivity index (χ2n) is 4.93. The highest BCUT2D eigenvalue weighted by Crippen LogP contribution is 2.47. The van der Waals surface area contributed by atoms with Crippen LogP contribution in [0.4, 0.5) is 5.69 Å². The predicted molar refractivity (Wildman–Crippen MR) is 78.2 cm³/mol. The largest absolute Gasteiger partial charge is 0.450 e. The van der Waals surface area contributed by atoms with E-state index in [2.05, 4.69) is 5.32 Å². The van der Waals surface area contributed by atoms with E-state index in [1.807, 2.05) is 6.07 Å². The normalized spacial score (nSPS) is 22.7. The van der Waals surface area contributed by atoms with E-state index in [4.69, 9.17) is 16.3 Å². The Hall–Kier alpha value is -2.30. The topological polar surface area (TPSA) is 58.6 Å². The van der Waals surface area contributed by atoms with Crippen LogP contribution in [0.1, 0.15) is 15.9 Å². The second-order valence-corrected chi connectivity index (χ2v) is 5.31. The van der Waals surface area contributed by atoms with Gasteiger partial charge in [-0.1, -0.05) is 48.0 Å². The Morgan fingerprint density at radius 2 is 1.81 bits per heavy atom. The van der Waals surface area contributed by atoms with E-state index in [0.717, 1.165) is 0 Å². The number of aliphatic hydroxyl groups is 1. The van der Waals surface area contributed by atoms with Crippen molar-refractivity contribution in [2.75, 3.05) is 5.32 Å². The highest BCUT2D eigenvalue weighted by molar-refractivity contribution is 6.46. The van der Waals surface area contributed by atoms with Crippen LogP contribution >= 0.6 is 11.6 Å². The summed E-state index contributed by atoms with van der Waals surface area (Å²) in [5.74, 6) is -1.62. The number of carbonyl (C=O) groups is 1. The molecule has 0 spiro atoms. The maximum absolute atomic E-state index is 12.3. The van der Waals surface area contributed by atoms with Crippen molar-refractivity contribution >= 4 is 23.1 Å². The molecule has 1 heterocycles. The van der Waals surface area contributed by atoms with Crippen LogP contribution < -0.4 is 10.1 Å². The molecule has 2 aliphatic rings. The summed E-state index contributed by atoms with van der Waals surface area (Å²) in [5, 5.41) is 13.9. The zero-order valence-electron chi connectivity index (χ0n) is 10.8. The summed E-state index contributed by atoms with van der Waals surface area (Å²) in [5.41, 5.74) is 1.54. The number of ketones is 1. The van der Waals surface area contributed by atoms with Gasteiger partial charge in [0, 0.05) is 11.1 Å². The molecule has 21 heavy (non-hydrogen) atoms. The minimum absolute atomic E-state index is 0.0642. The number of para-hydroxylation sites is 2. The molecule has 0 radical (unpaired) electrons. The Bertz CT molecular complexity index is 815. The molecule has 0 bridgehead atoms. The molecule has 4 nitrogen and oxygen atoms in total. The van der Waals surface area contributed by atoms with Crippen LogP contribution in [0.15, 0.2) is 59.3 Å². The zero-order chi connectivity index (χ0) is 14.6. The Balaban J connectivity index is 2.01. The van der Waals surface area contributed by atoms with Crippen molar-refractivity contribution in [3.8, 4) is 5.75 Å². The van der Waals surface area contributed by atoms with Gasteiger partial charge in [0.15, 0.2) is 0 Å². The smallest absolute Gasteiger partial charge is 0.279 e. The molecule has 5 heteroatoms. The van der Waals surface area contributed by atoms with Crippen molar-refractivity contribution in [1.82, 2.24) is 0 Å². The molecule has 1 aliphatic heterocycles. The first kappa shape index (κ1) is 12.4. The van der Waals surface area contributed by atoms with Crippen LogP contribution in [-0.4, -0.2) is 10.9 Å². The van der Waals surface area contributed by atoms with Crippen LogP contribution in [0.25, 0.3) is 0 Å². The molecule has 0 amide bonds. The molecule has 2 aromatic rings. The quantitative estimate of drug-likeness (QED) is 0.785. The van der Waals surface area contributed by atoms with Gasteiger partial charge >= 0.3 is 0 Å². The van der Waals surface area contributed by atoms with Crippen LogP contribution in [0.3, 0.4) is 0 Å². The fourth-order valence-corrected chi connectivity index (χ4v) is 2.97. The van der Waals surface area contributed by atoms with Crippen LogP contribution in [0, 0.1) is 0 Å². The van der Waals surface area contributed by atoms with Gasteiger partial charge in [-0.25, -0.2) is 0 Å². The maximum atomic E-state index is 12.3. The van der Waals surface area contributed by atoms with E-state index >= 15 is 0 Å². The number of allylic oxidation sites excluding steroid dienone is 1. The summed E-state index contributed by atoms with van der Waals surface area (Å²) in [6.45, 7) is 0. The fourth-order valence-electron chi connectivity index (χ4n) is 2.69. The van der Waals surface area contributed by atoms with Gasteiger partial charge in [-0.05, 0) is 12.1 Å². The summed E-state index contributed by atoms with van der Waals surface area (Å²) < 4.78 is 5.77. The van der Waals surface area contributed by atoms with Gasteiger partial charge in [0.1, 0.15) is 16.5 Å². The van der Waals surface area contributed by atoms with Crippen LogP contribution in [-0.2, 0) is 5.79 Å². The molecule has 2 aromatic carbocycles. The van der Waals surface area contributed by atoms with E-state index in [9.17, 15) is 9.90 Å². The lowest BCUT2D eigenvalue weighted by Crippen LogP contribution is -2.45. The minimum atomic E-state index is -1.78. The number of fused-ring (bicyclic) bond motifs is 4. The first-order valence-corrected chi connectivity index (χ1v) is 6.81. The molecule has 0 saturated heterocycles. The van der Waals surface area contributed by atoms with Crippen molar-refractivity contribution in [3.05, 3.63) is 70.4 Å². The lowest BCUT2D eigenvalue weighted by atomic mass is 9.87. The number of ether oxygens (including phenoxy) is 1. The number of Topliss-reactive ketones (excluding diaryl/α,β-unsaturated/α-hetero) is 1. The molecule has 0 saturated carbocycles. The van der Waals surface area contributed by atoms with Crippen molar-refractivity contribution in [2.45, 2.75) is 5.79 Å². The van der Waals surface area contributed by atoms with E-state index in [1.54, 1.807) is 42.5 Å². The number of hydrogen-bond donors (Lipinski definition) is 2. The average molecular weight is 300 g/mol. The van der Waals surface area contributed by atoms with Gasteiger partial charge in [0.2, 0.25) is 5.78 Å². The fraction of sp³-hybridized carbons (Fsp3) is 0.0625. The van der Waals surface area contributed by atoms with E-state index in [0.29, 0.717) is 22.6 Å². The molecule has 104 valence electrons. The number of nitrogens with one attached hydrogen (secondary N) is 1. The van der Waals surface area contributed by atoms with Crippen molar-refractivity contribution in [1.29, 1.82) is 0 Å². The highest BCUT2D eigenvalue weighted by Gasteiger charge is 2.49. The molecule has 1 unspecified atom stereocenters.